The predicted octanol–water partition coefficient (Wildman–Crippen LogP) is 4.12. The highest BCUT2D eigenvalue weighted by Gasteiger charge is 2.26. The molecule has 0 saturated heterocycles. The van der Waals surface area contributed by atoms with E-state index < -0.39 is 0 Å². The molecule has 0 radical (unpaired) electrons. The Morgan fingerprint density at radius 3 is 2.33 bits per heavy atom. The molecule has 0 aliphatic carbocycles. The van der Waals surface area contributed by atoms with E-state index in [9.17, 15) is 9.59 Å². The van der Waals surface area contributed by atoms with E-state index in [1.54, 1.807) is 4.90 Å². The minimum Gasteiger partial charge on any atom is -0.341 e. The van der Waals surface area contributed by atoms with E-state index in [0.29, 0.717) is 12.1 Å². The molecule has 142 valence electrons. The number of nitrogens with zero attached hydrogens (tertiary/aromatic N) is 2. The van der Waals surface area contributed by atoms with Crippen molar-refractivity contribution in [3.63, 3.8) is 0 Å². The highest BCUT2D eigenvalue weighted by molar-refractivity contribution is 6.07. The number of hydrogen-bond acceptors (Lipinski definition) is 2. The Hall–Kier alpha value is -2.62. The van der Waals surface area contributed by atoms with E-state index >= 15 is 0 Å². The van der Waals surface area contributed by atoms with Gasteiger partial charge in [-0.05, 0) is 60.7 Å². The van der Waals surface area contributed by atoms with Crippen molar-refractivity contribution in [1.29, 1.82) is 0 Å². The first-order valence-electron chi connectivity index (χ1n) is 9.54. The number of hydrogen-bond donors (Lipinski definition) is 0. The van der Waals surface area contributed by atoms with E-state index in [0.717, 1.165) is 24.2 Å². The molecule has 2 amide bonds. The van der Waals surface area contributed by atoms with Gasteiger partial charge in [0, 0.05) is 37.3 Å². The number of aryl methyl sites for hydroxylation is 2. The third kappa shape index (κ3) is 3.90. The van der Waals surface area contributed by atoms with Gasteiger partial charge in [0.05, 0.1) is 0 Å². The van der Waals surface area contributed by atoms with Crippen molar-refractivity contribution >= 4 is 17.5 Å². The molecule has 0 spiro atoms. The van der Waals surface area contributed by atoms with E-state index in [1.165, 1.54) is 16.7 Å². The van der Waals surface area contributed by atoms with Gasteiger partial charge in [0.15, 0.2) is 0 Å². The van der Waals surface area contributed by atoms with Crippen LogP contribution in [0.5, 0.6) is 0 Å². The fraction of sp³-hybridized carbons (Fsp3) is 0.391. The van der Waals surface area contributed by atoms with Crippen LogP contribution in [0.1, 0.15) is 46.5 Å². The van der Waals surface area contributed by atoms with Gasteiger partial charge in [0.2, 0.25) is 5.91 Å². The Kier molecular flexibility index (Phi) is 5.36. The monoisotopic (exact) mass is 364 g/mol. The van der Waals surface area contributed by atoms with Crippen LogP contribution in [0.4, 0.5) is 5.69 Å². The molecule has 0 N–H and O–H groups in total. The van der Waals surface area contributed by atoms with E-state index in [2.05, 4.69) is 26.0 Å². The topological polar surface area (TPSA) is 40.6 Å². The van der Waals surface area contributed by atoms with Crippen LogP contribution in [0, 0.1) is 19.8 Å². The summed E-state index contributed by atoms with van der Waals surface area (Å²) in [7, 11) is 1.81. The highest BCUT2D eigenvalue weighted by atomic mass is 16.2. The van der Waals surface area contributed by atoms with E-state index in [1.807, 2.05) is 50.1 Å². The maximum atomic E-state index is 13.0. The highest BCUT2D eigenvalue weighted by Crippen LogP contribution is 2.31. The largest absolute Gasteiger partial charge is 0.341 e. The third-order valence-electron chi connectivity index (χ3n) is 5.33. The Bertz CT molecular complexity index is 869. The lowest BCUT2D eigenvalue weighted by Crippen LogP contribution is -2.30. The van der Waals surface area contributed by atoms with Crippen LogP contribution in [-0.4, -0.2) is 30.3 Å². The third-order valence-corrected chi connectivity index (χ3v) is 5.33. The molecule has 0 unspecified atom stereocenters. The summed E-state index contributed by atoms with van der Waals surface area (Å²) in [5.74, 6) is 0.142. The molecule has 3 rings (SSSR count). The lowest BCUT2D eigenvalue weighted by molar-refractivity contribution is -0.133. The predicted molar refractivity (Wildman–Crippen MR) is 109 cm³/mol. The molecule has 0 atom stereocenters. The number of amides is 2. The molecule has 0 fully saturated rings. The van der Waals surface area contributed by atoms with Gasteiger partial charge >= 0.3 is 0 Å². The quantitative estimate of drug-likeness (QED) is 0.819. The van der Waals surface area contributed by atoms with Crippen molar-refractivity contribution in [2.45, 2.75) is 40.7 Å². The second kappa shape index (κ2) is 7.55. The average molecular weight is 364 g/mol. The van der Waals surface area contributed by atoms with Crippen LogP contribution in [0.25, 0.3) is 0 Å². The Morgan fingerprint density at radius 2 is 1.70 bits per heavy atom. The van der Waals surface area contributed by atoms with Crippen molar-refractivity contribution in [3.8, 4) is 0 Å². The maximum Gasteiger partial charge on any atom is 0.258 e. The number of benzene rings is 2. The standard InChI is InChI=1S/C23H28N2O2/c1-15(2)22(26)24(5)14-18-6-8-19(9-7-18)23(27)25-11-10-20-12-16(3)17(4)13-21(20)25/h6-9,12-13,15H,10-11,14H2,1-5H3. The summed E-state index contributed by atoms with van der Waals surface area (Å²) >= 11 is 0. The fourth-order valence-corrected chi connectivity index (χ4v) is 3.58. The summed E-state index contributed by atoms with van der Waals surface area (Å²) in [5.41, 5.74) is 6.47. The van der Waals surface area contributed by atoms with Crippen LogP contribution >= 0.6 is 0 Å². The van der Waals surface area contributed by atoms with Crippen molar-refractivity contribution < 1.29 is 9.59 Å². The van der Waals surface area contributed by atoms with Crippen molar-refractivity contribution in [2.75, 3.05) is 18.5 Å². The zero-order valence-electron chi connectivity index (χ0n) is 16.9. The van der Waals surface area contributed by atoms with Crippen molar-refractivity contribution in [2.24, 2.45) is 5.92 Å². The lowest BCUT2D eigenvalue weighted by Gasteiger charge is -2.20. The maximum absolute atomic E-state index is 13.0. The molecular weight excluding hydrogens is 336 g/mol. The summed E-state index contributed by atoms with van der Waals surface area (Å²) in [5, 5.41) is 0. The first kappa shape index (κ1) is 19.2. The molecule has 1 aliphatic heterocycles. The molecular formula is C23H28N2O2. The SMILES string of the molecule is Cc1cc2c(cc1C)N(C(=O)c1ccc(CN(C)C(=O)C(C)C)cc1)CC2. The molecule has 0 aromatic heterocycles. The molecule has 2 aromatic carbocycles. The number of carbonyl (C=O) groups is 2. The van der Waals surface area contributed by atoms with Gasteiger partial charge in [0.1, 0.15) is 0 Å². The van der Waals surface area contributed by atoms with E-state index in [4.69, 9.17) is 0 Å². The molecule has 0 saturated carbocycles. The number of carbonyl (C=O) groups excluding carboxylic acids is 2. The van der Waals surface area contributed by atoms with Crippen LogP contribution in [0.3, 0.4) is 0 Å². The van der Waals surface area contributed by atoms with E-state index in [-0.39, 0.29) is 17.7 Å². The number of anilines is 1. The van der Waals surface area contributed by atoms with Gasteiger partial charge in [-0.3, -0.25) is 9.59 Å². The molecule has 0 bridgehead atoms. The number of rotatable bonds is 4. The van der Waals surface area contributed by atoms with Gasteiger partial charge in [0.25, 0.3) is 5.91 Å². The van der Waals surface area contributed by atoms with Gasteiger partial charge < -0.3 is 9.80 Å². The summed E-state index contributed by atoms with van der Waals surface area (Å²) in [4.78, 5) is 28.6. The normalized spacial score (nSPS) is 13.0. The van der Waals surface area contributed by atoms with Crippen LogP contribution in [-0.2, 0) is 17.8 Å². The molecule has 4 heteroatoms. The van der Waals surface area contributed by atoms with Gasteiger partial charge in [-0.25, -0.2) is 0 Å². The van der Waals surface area contributed by atoms with Gasteiger partial charge in [-0.15, -0.1) is 0 Å². The minimum absolute atomic E-state index is 0.0156. The van der Waals surface area contributed by atoms with Crippen LogP contribution in [0.2, 0.25) is 0 Å². The molecule has 1 aliphatic rings. The Morgan fingerprint density at radius 1 is 1.07 bits per heavy atom. The van der Waals surface area contributed by atoms with Crippen LogP contribution in [0.15, 0.2) is 36.4 Å². The molecule has 27 heavy (non-hydrogen) atoms. The smallest absolute Gasteiger partial charge is 0.258 e. The van der Waals surface area contributed by atoms with Gasteiger partial charge in [-0.2, -0.15) is 0 Å². The fourth-order valence-electron chi connectivity index (χ4n) is 3.58. The molecule has 1 heterocycles. The molecule has 4 nitrogen and oxygen atoms in total. The summed E-state index contributed by atoms with van der Waals surface area (Å²) in [6.07, 6.45) is 0.905. The van der Waals surface area contributed by atoms with Crippen LogP contribution < -0.4 is 4.90 Å². The van der Waals surface area contributed by atoms with Gasteiger partial charge in [-0.1, -0.05) is 32.0 Å². The second-order valence-corrected chi connectivity index (χ2v) is 7.82. The first-order valence-corrected chi connectivity index (χ1v) is 9.54. The minimum atomic E-state index is -0.0156. The second-order valence-electron chi connectivity index (χ2n) is 7.82. The average Bonchev–Trinajstić information content (AvgIpc) is 3.03. The summed E-state index contributed by atoms with van der Waals surface area (Å²) < 4.78 is 0. The zero-order valence-corrected chi connectivity index (χ0v) is 16.9. The first-order chi connectivity index (χ1) is 12.8. The van der Waals surface area contributed by atoms with Crippen molar-refractivity contribution in [3.05, 3.63) is 64.2 Å². The van der Waals surface area contributed by atoms with Crippen molar-refractivity contribution in [1.82, 2.24) is 4.90 Å². The molecule has 2 aromatic rings. The lowest BCUT2D eigenvalue weighted by atomic mass is 10.0. The summed E-state index contributed by atoms with van der Waals surface area (Å²) in [6.45, 7) is 9.27. The number of fused-ring (bicyclic) bond motifs is 1. The Labute approximate surface area is 161 Å². The summed E-state index contributed by atoms with van der Waals surface area (Å²) in [6, 6.07) is 11.9. The Balaban J connectivity index is 1.74. The zero-order chi connectivity index (χ0) is 19.7.